The molecule has 0 bridgehead atoms. The summed E-state index contributed by atoms with van der Waals surface area (Å²) in [6, 6.07) is 17.1. The number of nitrogens with two attached hydrogens (primary N) is 1. The Morgan fingerprint density at radius 1 is 1.06 bits per heavy atom. The molecule has 2 heterocycles. The molecule has 3 aromatic carbocycles. The molecule has 32 heavy (non-hydrogen) atoms. The molecule has 0 spiro atoms. The molecule has 0 amide bonds. The zero-order valence-corrected chi connectivity index (χ0v) is 17.6. The molecular weight excluding hydrogens is 400 g/mol. The number of hydrogen-bond donors (Lipinski definition) is 2. The first-order valence-corrected chi connectivity index (χ1v) is 10.2. The van der Waals surface area contributed by atoms with Crippen LogP contribution in [0.3, 0.4) is 0 Å². The number of nitrogens with one attached hydrogen (secondary N) is 1. The minimum atomic E-state index is -0.341. The van der Waals surface area contributed by atoms with Crippen LogP contribution >= 0.6 is 0 Å². The SMILES string of the molecule is [C-]#[N+]c1c(-c2c(-c3ccc4c(=O)[nH]nc(C(C)N)c4c3)cnn2C)ccc2ccccc12. The first-order chi connectivity index (χ1) is 15.5. The molecule has 156 valence electrons. The molecule has 5 aromatic rings. The van der Waals surface area contributed by atoms with Crippen molar-refractivity contribution in [3.05, 3.63) is 88.3 Å². The lowest BCUT2D eigenvalue weighted by molar-refractivity contribution is 0.759. The summed E-state index contributed by atoms with van der Waals surface area (Å²) in [6.45, 7) is 9.69. The standard InChI is InChI=1S/C25H20N6O/c1-14(26)22-20-12-16(9-10-18(20)25(32)30-29-22)21-13-28-31(3)24(21)19-11-8-15-6-4-5-7-17(15)23(19)27-2/h4-14H,26H2,1,3H3,(H,30,32). The molecule has 0 aliphatic heterocycles. The van der Waals surface area contributed by atoms with Gasteiger partial charge in [-0.3, -0.25) is 9.48 Å². The van der Waals surface area contributed by atoms with Gasteiger partial charge in [-0.25, -0.2) is 9.94 Å². The largest absolute Gasteiger partial charge is 0.323 e. The van der Waals surface area contributed by atoms with Gasteiger partial charge in [0.05, 0.1) is 29.5 Å². The lowest BCUT2D eigenvalue weighted by atomic mass is 9.95. The molecule has 0 aliphatic rings. The van der Waals surface area contributed by atoms with Crippen molar-refractivity contribution >= 4 is 27.2 Å². The quantitative estimate of drug-likeness (QED) is 0.413. The molecule has 0 aliphatic carbocycles. The minimum Gasteiger partial charge on any atom is -0.323 e. The minimum absolute atomic E-state index is 0.257. The molecule has 7 nitrogen and oxygen atoms in total. The first kappa shape index (κ1) is 19.7. The van der Waals surface area contributed by atoms with E-state index < -0.39 is 0 Å². The number of aryl methyl sites for hydroxylation is 1. The number of H-pyrrole nitrogens is 1. The number of aromatic amines is 1. The van der Waals surface area contributed by atoms with E-state index >= 15 is 0 Å². The van der Waals surface area contributed by atoms with E-state index in [1.54, 1.807) is 16.9 Å². The van der Waals surface area contributed by atoms with Gasteiger partial charge in [-0.1, -0.05) is 42.5 Å². The highest BCUT2D eigenvalue weighted by Gasteiger charge is 2.19. The fraction of sp³-hybridized carbons (Fsp3) is 0.120. The number of benzene rings is 3. The Morgan fingerprint density at radius 3 is 2.66 bits per heavy atom. The summed E-state index contributed by atoms with van der Waals surface area (Å²) in [5, 5.41) is 14.3. The zero-order chi connectivity index (χ0) is 22.4. The highest BCUT2D eigenvalue weighted by atomic mass is 16.1. The van der Waals surface area contributed by atoms with Crippen molar-refractivity contribution in [2.75, 3.05) is 0 Å². The predicted molar refractivity (Wildman–Crippen MR) is 126 cm³/mol. The van der Waals surface area contributed by atoms with E-state index in [-0.39, 0.29) is 11.6 Å². The van der Waals surface area contributed by atoms with Gasteiger partial charge >= 0.3 is 0 Å². The van der Waals surface area contributed by atoms with E-state index in [0.29, 0.717) is 22.2 Å². The summed E-state index contributed by atoms with van der Waals surface area (Å²) in [4.78, 5) is 16.2. The van der Waals surface area contributed by atoms with Crippen molar-refractivity contribution in [3.63, 3.8) is 0 Å². The Kier molecular flexibility index (Phi) is 4.58. The lowest BCUT2D eigenvalue weighted by Gasteiger charge is -2.13. The average molecular weight is 420 g/mol. The summed E-state index contributed by atoms with van der Waals surface area (Å²) in [7, 11) is 1.86. The molecule has 0 radical (unpaired) electrons. The van der Waals surface area contributed by atoms with E-state index in [0.717, 1.165) is 33.2 Å². The first-order valence-electron chi connectivity index (χ1n) is 10.2. The van der Waals surface area contributed by atoms with Gasteiger partial charge < -0.3 is 5.73 Å². The molecule has 1 atom stereocenters. The maximum Gasteiger partial charge on any atom is 0.272 e. The van der Waals surface area contributed by atoms with Gasteiger partial charge in [0.25, 0.3) is 5.56 Å². The highest BCUT2D eigenvalue weighted by molar-refractivity contribution is 6.04. The molecule has 0 fully saturated rings. The van der Waals surface area contributed by atoms with Crippen molar-refractivity contribution in [3.8, 4) is 22.4 Å². The maximum absolute atomic E-state index is 12.3. The van der Waals surface area contributed by atoms with Gasteiger partial charge in [-0.15, -0.1) is 0 Å². The highest BCUT2D eigenvalue weighted by Crippen LogP contribution is 2.41. The normalized spacial score (nSPS) is 12.2. The van der Waals surface area contributed by atoms with E-state index in [2.05, 4.69) is 20.1 Å². The predicted octanol–water partition coefficient (Wildman–Crippen LogP) is 4.71. The van der Waals surface area contributed by atoms with Crippen molar-refractivity contribution in [2.24, 2.45) is 12.8 Å². The Morgan fingerprint density at radius 2 is 1.88 bits per heavy atom. The summed E-state index contributed by atoms with van der Waals surface area (Å²) in [5.74, 6) is 0. The molecule has 5 rings (SSSR count). The summed E-state index contributed by atoms with van der Waals surface area (Å²) in [5.41, 5.74) is 10.4. The monoisotopic (exact) mass is 420 g/mol. The Hall–Kier alpha value is -4.28. The van der Waals surface area contributed by atoms with Gasteiger partial charge in [-0.2, -0.15) is 10.2 Å². The summed E-state index contributed by atoms with van der Waals surface area (Å²) in [6.07, 6.45) is 1.78. The van der Waals surface area contributed by atoms with Crippen molar-refractivity contribution in [1.82, 2.24) is 20.0 Å². The van der Waals surface area contributed by atoms with Crippen LogP contribution in [0.25, 0.3) is 48.8 Å². The fourth-order valence-electron chi connectivity index (χ4n) is 4.24. The number of fused-ring (bicyclic) bond motifs is 2. The second-order valence-corrected chi connectivity index (χ2v) is 7.81. The molecule has 2 aromatic heterocycles. The Bertz CT molecular complexity index is 1600. The lowest BCUT2D eigenvalue weighted by Crippen LogP contribution is -2.16. The third-order valence-corrected chi connectivity index (χ3v) is 5.77. The molecule has 0 saturated heterocycles. The fourth-order valence-corrected chi connectivity index (χ4v) is 4.24. The Balaban J connectivity index is 1.79. The molecule has 7 heteroatoms. The van der Waals surface area contributed by atoms with Crippen molar-refractivity contribution in [2.45, 2.75) is 13.0 Å². The summed E-state index contributed by atoms with van der Waals surface area (Å²) < 4.78 is 1.78. The van der Waals surface area contributed by atoms with Crippen LogP contribution in [0, 0.1) is 6.57 Å². The van der Waals surface area contributed by atoms with E-state index in [9.17, 15) is 4.79 Å². The van der Waals surface area contributed by atoms with Crippen LogP contribution in [-0.4, -0.2) is 20.0 Å². The topological polar surface area (TPSA) is 93.9 Å². The van der Waals surface area contributed by atoms with Gasteiger partial charge in [0, 0.05) is 29.6 Å². The third-order valence-electron chi connectivity index (χ3n) is 5.77. The van der Waals surface area contributed by atoms with Crippen molar-refractivity contribution < 1.29 is 0 Å². The van der Waals surface area contributed by atoms with Crippen LogP contribution in [0.15, 0.2) is 65.6 Å². The number of rotatable bonds is 3. The van der Waals surface area contributed by atoms with E-state index in [1.807, 2.05) is 62.5 Å². The zero-order valence-electron chi connectivity index (χ0n) is 17.6. The number of aromatic nitrogens is 4. The van der Waals surface area contributed by atoms with E-state index in [4.69, 9.17) is 12.3 Å². The van der Waals surface area contributed by atoms with Gasteiger partial charge in [0.15, 0.2) is 0 Å². The van der Waals surface area contributed by atoms with Gasteiger partial charge in [0.2, 0.25) is 5.69 Å². The number of nitrogens with zero attached hydrogens (tertiary/aromatic N) is 4. The van der Waals surface area contributed by atoms with Crippen LogP contribution in [0.4, 0.5) is 5.69 Å². The van der Waals surface area contributed by atoms with Crippen LogP contribution in [0.2, 0.25) is 0 Å². The van der Waals surface area contributed by atoms with Crippen LogP contribution in [-0.2, 0) is 7.05 Å². The maximum atomic E-state index is 12.3. The third kappa shape index (κ3) is 2.97. The van der Waals surface area contributed by atoms with Crippen LogP contribution in [0.5, 0.6) is 0 Å². The van der Waals surface area contributed by atoms with Gasteiger partial charge in [-0.05, 0) is 35.4 Å². The Labute approximate surface area is 183 Å². The smallest absolute Gasteiger partial charge is 0.272 e. The van der Waals surface area contributed by atoms with Gasteiger partial charge in [0.1, 0.15) is 0 Å². The van der Waals surface area contributed by atoms with Crippen molar-refractivity contribution in [1.29, 1.82) is 0 Å². The molecule has 1 unspecified atom stereocenters. The second kappa shape index (κ2) is 7.45. The number of hydrogen-bond acceptors (Lipinski definition) is 4. The van der Waals surface area contributed by atoms with Crippen LogP contribution in [0.1, 0.15) is 18.7 Å². The van der Waals surface area contributed by atoms with Crippen LogP contribution < -0.4 is 11.3 Å². The van der Waals surface area contributed by atoms with E-state index in [1.165, 1.54) is 0 Å². The summed E-state index contributed by atoms with van der Waals surface area (Å²) >= 11 is 0. The molecule has 0 saturated carbocycles. The molecule has 3 N–H and O–H groups in total. The molecular formula is C25H20N6O. The second-order valence-electron chi connectivity index (χ2n) is 7.81. The average Bonchev–Trinajstić information content (AvgIpc) is 3.19.